The number of hydrogen-bond acceptors (Lipinski definition) is 6. The first kappa shape index (κ1) is 20.3. The summed E-state index contributed by atoms with van der Waals surface area (Å²) in [5.74, 6) is -0.680. The molecule has 3 rings (SSSR count). The van der Waals surface area contributed by atoms with E-state index in [0.29, 0.717) is 21.7 Å². The fourth-order valence-electron chi connectivity index (χ4n) is 2.54. The number of aliphatic hydroxyl groups is 1. The number of nitrogens with one attached hydrogen (secondary N) is 1. The number of carboxylic acids is 1. The molecule has 28 heavy (non-hydrogen) atoms. The molecule has 0 aliphatic heterocycles. The summed E-state index contributed by atoms with van der Waals surface area (Å²) in [6, 6.07) is 11.5. The zero-order valence-corrected chi connectivity index (χ0v) is 16.7. The van der Waals surface area contributed by atoms with Gasteiger partial charge in [0.15, 0.2) is 11.0 Å². The van der Waals surface area contributed by atoms with Crippen LogP contribution in [0.15, 0.2) is 56.1 Å². The number of carbonyl (C=O) groups is 1. The van der Waals surface area contributed by atoms with Crippen LogP contribution in [-0.4, -0.2) is 35.6 Å². The Morgan fingerprint density at radius 2 is 2.07 bits per heavy atom. The highest BCUT2D eigenvalue weighted by atomic mass is 79.9. The van der Waals surface area contributed by atoms with Gasteiger partial charge in [-0.3, -0.25) is 10.1 Å². The van der Waals surface area contributed by atoms with Crippen molar-refractivity contribution in [3.8, 4) is 17.1 Å². The quantitative estimate of drug-likeness (QED) is 0.361. The normalized spacial score (nSPS) is 12.1. The molecule has 0 aliphatic carbocycles. The second kappa shape index (κ2) is 8.74. The van der Waals surface area contributed by atoms with Gasteiger partial charge in [-0.05, 0) is 30.3 Å². The maximum absolute atomic E-state index is 12.4. The van der Waals surface area contributed by atoms with E-state index in [9.17, 15) is 14.7 Å². The molecule has 146 valence electrons. The van der Waals surface area contributed by atoms with E-state index >= 15 is 0 Å². The lowest BCUT2D eigenvalue weighted by Crippen LogP contribution is -2.38. The lowest BCUT2D eigenvalue weighted by atomic mass is 10.1. The van der Waals surface area contributed by atoms with Crippen LogP contribution in [0.3, 0.4) is 0 Å². The van der Waals surface area contributed by atoms with Crippen molar-refractivity contribution in [1.29, 1.82) is 0 Å². The van der Waals surface area contributed by atoms with Crippen LogP contribution in [0, 0.1) is 0 Å². The maximum Gasteiger partial charge on any atom is 0.347 e. The lowest BCUT2D eigenvalue weighted by molar-refractivity contribution is -0.148. The summed E-state index contributed by atoms with van der Waals surface area (Å²) in [7, 11) is 0. The van der Waals surface area contributed by atoms with E-state index in [1.165, 1.54) is 6.07 Å². The molecule has 0 spiro atoms. The van der Waals surface area contributed by atoms with Gasteiger partial charge in [-0.1, -0.05) is 33.6 Å². The minimum atomic E-state index is -1.67. The van der Waals surface area contributed by atoms with Crippen LogP contribution in [-0.2, 0) is 4.79 Å². The van der Waals surface area contributed by atoms with Gasteiger partial charge in [0.1, 0.15) is 18.1 Å². The predicted molar refractivity (Wildman–Crippen MR) is 108 cm³/mol. The lowest BCUT2D eigenvalue weighted by Gasteiger charge is -2.13. The Bertz CT molecular complexity index is 1080. The molecule has 7 nitrogen and oxygen atoms in total. The van der Waals surface area contributed by atoms with E-state index in [1.807, 2.05) is 0 Å². The predicted octanol–water partition coefficient (Wildman–Crippen LogP) is 3.25. The molecule has 1 heterocycles. The van der Waals surface area contributed by atoms with Gasteiger partial charge in [0.25, 0.3) is 0 Å². The number of carboxylic acid groups (broad SMARTS) is 1. The SMILES string of the molecule is O=C(O)C(O)NCCOc1cc(Br)ccc1-c1cc(=O)c2cccc(Cl)c2o1. The van der Waals surface area contributed by atoms with Crippen molar-refractivity contribution in [3.05, 3.63) is 62.2 Å². The standard InChI is InChI=1S/C19H15BrClNO6/c20-10-4-5-12(15(8-10)27-7-6-22-18(24)19(25)26)16-9-14(23)11-2-1-3-13(21)17(11)28-16/h1-5,8-9,18,22,24H,6-7H2,(H,25,26). The molecule has 2 aromatic carbocycles. The van der Waals surface area contributed by atoms with Crippen molar-refractivity contribution >= 4 is 44.5 Å². The van der Waals surface area contributed by atoms with Gasteiger partial charge in [0, 0.05) is 17.1 Å². The summed E-state index contributed by atoms with van der Waals surface area (Å²) in [5, 5.41) is 21.0. The third kappa shape index (κ3) is 4.53. The number of para-hydroxylation sites is 1. The van der Waals surface area contributed by atoms with E-state index in [0.717, 1.165) is 4.47 Å². The van der Waals surface area contributed by atoms with Crippen LogP contribution in [0.25, 0.3) is 22.3 Å². The number of aliphatic carboxylic acids is 1. The second-order valence-electron chi connectivity index (χ2n) is 5.78. The van der Waals surface area contributed by atoms with Gasteiger partial charge in [0.2, 0.25) is 6.23 Å². The van der Waals surface area contributed by atoms with Crippen LogP contribution in [0.1, 0.15) is 0 Å². The summed E-state index contributed by atoms with van der Waals surface area (Å²) in [6.07, 6.45) is -1.67. The van der Waals surface area contributed by atoms with Gasteiger partial charge in [-0.25, -0.2) is 4.79 Å². The third-order valence-corrected chi connectivity index (χ3v) is 4.64. The van der Waals surface area contributed by atoms with Gasteiger partial charge in [-0.15, -0.1) is 0 Å². The first-order valence-corrected chi connectivity index (χ1v) is 9.33. The Hall–Kier alpha value is -2.39. The third-order valence-electron chi connectivity index (χ3n) is 3.85. The minimum Gasteiger partial charge on any atom is -0.491 e. The Labute approximate surface area is 172 Å². The molecule has 1 unspecified atom stereocenters. The van der Waals surface area contributed by atoms with E-state index < -0.39 is 12.2 Å². The number of hydrogen-bond donors (Lipinski definition) is 3. The summed E-state index contributed by atoms with van der Waals surface area (Å²) >= 11 is 9.52. The molecule has 1 atom stereocenters. The number of halogens is 2. The maximum atomic E-state index is 12.4. The highest BCUT2D eigenvalue weighted by molar-refractivity contribution is 9.10. The smallest absolute Gasteiger partial charge is 0.347 e. The largest absolute Gasteiger partial charge is 0.491 e. The first-order chi connectivity index (χ1) is 13.4. The minimum absolute atomic E-state index is 0.0758. The first-order valence-electron chi connectivity index (χ1n) is 8.16. The Balaban J connectivity index is 1.90. The molecular weight excluding hydrogens is 454 g/mol. The second-order valence-corrected chi connectivity index (χ2v) is 7.10. The van der Waals surface area contributed by atoms with E-state index in [-0.39, 0.29) is 29.9 Å². The molecule has 9 heteroatoms. The summed E-state index contributed by atoms with van der Waals surface area (Å²) < 4.78 is 12.3. The van der Waals surface area contributed by atoms with E-state index in [1.54, 1.807) is 36.4 Å². The molecule has 0 aliphatic rings. The van der Waals surface area contributed by atoms with Crippen molar-refractivity contribution in [3.63, 3.8) is 0 Å². The number of ether oxygens (including phenoxy) is 1. The molecule has 3 aromatic rings. The van der Waals surface area contributed by atoms with Gasteiger partial charge in [0.05, 0.1) is 16.0 Å². The summed E-state index contributed by atoms with van der Waals surface area (Å²) in [4.78, 5) is 23.0. The van der Waals surface area contributed by atoms with Gasteiger partial charge in [-0.2, -0.15) is 0 Å². The zero-order chi connectivity index (χ0) is 20.3. The van der Waals surface area contributed by atoms with Gasteiger partial charge < -0.3 is 19.4 Å². The molecule has 0 fully saturated rings. The fraction of sp³-hybridized carbons (Fsp3) is 0.158. The molecule has 0 amide bonds. The number of rotatable bonds is 7. The topological polar surface area (TPSA) is 109 Å². The summed E-state index contributed by atoms with van der Waals surface area (Å²) in [6.45, 7) is 0.166. The molecule has 0 radical (unpaired) electrons. The van der Waals surface area contributed by atoms with Crippen molar-refractivity contribution in [2.75, 3.05) is 13.2 Å². The van der Waals surface area contributed by atoms with Crippen molar-refractivity contribution < 1.29 is 24.2 Å². The van der Waals surface area contributed by atoms with Gasteiger partial charge >= 0.3 is 5.97 Å². The van der Waals surface area contributed by atoms with Crippen molar-refractivity contribution in [2.24, 2.45) is 0 Å². The van der Waals surface area contributed by atoms with Crippen LogP contribution in [0.2, 0.25) is 5.02 Å². The highest BCUT2D eigenvalue weighted by Gasteiger charge is 2.15. The fourth-order valence-corrected chi connectivity index (χ4v) is 3.09. The monoisotopic (exact) mass is 467 g/mol. The van der Waals surface area contributed by atoms with Crippen LogP contribution < -0.4 is 15.5 Å². The Morgan fingerprint density at radius 3 is 2.82 bits per heavy atom. The zero-order valence-electron chi connectivity index (χ0n) is 14.3. The Morgan fingerprint density at radius 1 is 1.29 bits per heavy atom. The molecule has 1 aromatic heterocycles. The van der Waals surface area contributed by atoms with Crippen LogP contribution >= 0.6 is 27.5 Å². The Kier molecular flexibility index (Phi) is 6.35. The molecule has 0 bridgehead atoms. The number of aliphatic hydroxyl groups excluding tert-OH is 1. The van der Waals surface area contributed by atoms with Crippen LogP contribution in [0.5, 0.6) is 5.75 Å². The molecule has 0 saturated carbocycles. The average molecular weight is 469 g/mol. The van der Waals surface area contributed by atoms with Crippen LogP contribution in [0.4, 0.5) is 0 Å². The number of fused-ring (bicyclic) bond motifs is 1. The summed E-state index contributed by atoms with van der Waals surface area (Å²) in [5.41, 5.74) is 0.576. The highest BCUT2D eigenvalue weighted by Crippen LogP contribution is 2.34. The number of benzene rings is 2. The average Bonchev–Trinajstić information content (AvgIpc) is 2.65. The van der Waals surface area contributed by atoms with Crippen molar-refractivity contribution in [2.45, 2.75) is 6.23 Å². The van der Waals surface area contributed by atoms with Crippen molar-refractivity contribution in [1.82, 2.24) is 5.32 Å². The molecule has 0 saturated heterocycles. The molecule has 3 N–H and O–H groups in total. The van der Waals surface area contributed by atoms with E-state index in [4.69, 9.17) is 25.9 Å². The molecular formula is C19H15BrClNO6. The van der Waals surface area contributed by atoms with E-state index in [2.05, 4.69) is 21.2 Å².